The van der Waals surface area contributed by atoms with Gasteiger partial charge in [-0.05, 0) is 31.0 Å². The lowest BCUT2D eigenvalue weighted by Gasteiger charge is -2.29. The van der Waals surface area contributed by atoms with E-state index in [1.165, 1.54) is 11.3 Å². The highest BCUT2D eigenvalue weighted by atomic mass is 35.5. The van der Waals surface area contributed by atoms with Gasteiger partial charge in [0.05, 0.1) is 4.87 Å². The molecule has 2 saturated heterocycles. The minimum atomic E-state index is -0.416. The van der Waals surface area contributed by atoms with Crippen LogP contribution in [0.2, 0.25) is 5.02 Å². The van der Waals surface area contributed by atoms with Crippen LogP contribution in [-0.2, 0) is 16.0 Å². The van der Waals surface area contributed by atoms with Crippen molar-refractivity contribution >= 4 is 51.6 Å². The van der Waals surface area contributed by atoms with Crippen molar-refractivity contribution in [3.05, 3.63) is 45.9 Å². The molecule has 2 fully saturated rings. The number of benzene rings is 1. The fourth-order valence-electron chi connectivity index (χ4n) is 3.50. The topological polar surface area (TPSA) is 62.3 Å². The molecule has 3 heterocycles. The molecule has 26 heavy (non-hydrogen) atoms. The molecule has 0 spiro atoms. The zero-order valence-electron chi connectivity index (χ0n) is 14.2. The van der Waals surface area contributed by atoms with Gasteiger partial charge in [-0.25, -0.2) is 4.98 Å². The number of thiazole rings is 1. The van der Waals surface area contributed by atoms with Gasteiger partial charge in [-0.1, -0.05) is 23.7 Å². The van der Waals surface area contributed by atoms with Gasteiger partial charge in [-0.2, -0.15) is 0 Å². The van der Waals surface area contributed by atoms with E-state index in [2.05, 4.69) is 10.3 Å². The maximum Gasteiger partial charge on any atom is 0.249 e. The van der Waals surface area contributed by atoms with Crippen molar-refractivity contribution in [1.29, 1.82) is 0 Å². The number of hydrogen-bond donors (Lipinski definition) is 1. The summed E-state index contributed by atoms with van der Waals surface area (Å²) in [6.07, 6.45) is 3.82. The van der Waals surface area contributed by atoms with Gasteiger partial charge in [0.25, 0.3) is 0 Å². The van der Waals surface area contributed by atoms with E-state index in [1.807, 2.05) is 31.2 Å². The predicted octanol–water partition coefficient (Wildman–Crippen LogP) is 3.78. The smallest absolute Gasteiger partial charge is 0.249 e. The van der Waals surface area contributed by atoms with E-state index in [0.29, 0.717) is 22.3 Å². The van der Waals surface area contributed by atoms with Crippen LogP contribution in [0.15, 0.2) is 30.5 Å². The van der Waals surface area contributed by atoms with E-state index in [9.17, 15) is 9.59 Å². The molecule has 4 rings (SSSR count). The Hall–Kier alpha value is -1.57. The van der Waals surface area contributed by atoms with Gasteiger partial charge in [0, 0.05) is 34.7 Å². The normalized spacial score (nSPS) is 24.8. The number of anilines is 1. The first-order valence-electron chi connectivity index (χ1n) is 8.41. The summed E-state index contributed by atoms with van der Waals surface area (Å²) < 4.78 is 0. The number of halogens is 1. The molecular weight excluding hydrogens is 390 g/mol. The summed E-state index contributed by atoms with van der Waals surface area (Å²) in [6.45, 7) is 2.04. The second kappa shape index (κ2) is 6.87. The molecule has 1 aromatic heterocycles. The summed E-state index contributed by atoms with van der Waals surface area (Å²) in [4.78, 5) is 31.7. The molecule has 0 bridgehead atoms. The number of amides is 2. The van der Waals surface area contributed by atoms with Crippen molar-refractivity contribution in [2.24, 2.45) is 0 Å². The average molecular weight is 408 g/mol. The number of hydrogen-bond acceptors (Lipinski definition) is 5. The zero-order chi connectivity index (χ0) is 18.3. The molecule has 2 atom stereocenters. The molecule has 1 aromatic carbocycles. The van der Waals surface area contributed by atoms with E-state index in [4.69, 9.17) is 11.6 Å². The van der Waals surface area contributed by atoms with Crippen LogP contribution >= 0.6 is 34.7 Å². The number of nitrogens with zero attached hydrogens (tertiary/aromatic N) is 2. The highest BCUT2D eigenvalue weighted by Gasteiger charge is 2.52. The fourth-order valence-corrected chi connectivity index (χ4v) is 5.99. The fraction of sp³-hybridized carbons (Fsp3) is 0.389. The molecule has 2 amide bonds. The Balaban J connectivity index is 1.43. The van der Waals surface area contributed by atoms with E-state index < -0.39 is 6.04 Å². The van der Waals surface area contributed by atoms with Crippen molar-refractivity contribution < 1.29 is 9.59 Å². The Labute approximate surface area is 165 Å². The van der Waals surface area contributed by atoms with Crippen molar-refractivity contribution in [3.8, 4) is 0 Å². The van der Waals surface area contributed by atoms with Gasteiger partial charge in [-0.3, -0.25) is 9.59 Å². The Morgan fingerprint density at radius 1 is 1.50 bits per heavy atom. The van der Waals surface area contributed by atoms with Crippen molar-refractivity contribution in [2.45, 2.75) is 37.1 Å². The predicted molar refractivity (Wildman–Crippen MR) is 106 cm³/mol. The molecule has 0 radical (unpaired) electrons. The third kappa shape index (κ3) is 3.35. The first-order valence-corrected chi connectivity index (χ1v) is 10.6. The van der Waals surface area contributed by atoms with Crippen LogP contribution in [-0.4, -0.2) is 38.4 Å². The summed E-state index contributed by atoms with van der Waals surface area (Å²) in [5.74, 6) is 0.549. The maximum absolute atomic E-state index is 12.7. The lowest BCUT2D eigenvalue weighted by Crippen LogP contribution is -2.48. The van der Waals surface area contributed by atoms with Crippen LogP contribution in [0.5, 0.6) is 0 Å². The lowest BCUT2D eigenvalue weighted by molar-refractivity contribution is -0.135. The van der Waals surface area contributed by atoms with Gasteiger partial charge >= 0.3 is 0 Å². The van der Waals surface area contributed by atoms with Crippen LogP contribution in [0.3, 0.4) is 0 Å². The third-order valence-electron chi connectivity index (χ3n) is 4.80. The van der Waals surface area contributed by atoms with E-state index >= 15 is 0 Å². The summed E-state index contributed by atoms with van der Waals surface area (Å²) >= 11 is 9.16. The summed E-state index contributed by atoms with van der Waals surface area (Å²) in [5.41, 5.74) is 1.10. The first-order chi connectivity index (χ1) is 12.4. The molecule has 2 aliphatic heterocycles. The molecule has 5 nitrogen and oxygen atoms in total. The molecule has 2 aliphatic rings. The second-order valence-corrected chi connectivity index (χ2v) is 9.75. The van der Waals surface area contributed by atoms with Crippen LogP contribution in [0.25, 0.3) is 0 Å². The Kier molecular flexibility index (Phi) is 4.71. The number of carbonyl (C=O) groups is 2. The number of rotatable bonds is 4. The van der Waals surface area contributed by atoms with E-state index in [1.54, 1.807) is 22.9 Å². The summed E-state index contributed by atoms with van der Waals surface area (Å²) in [7, 11) is 0. The zero-order valence-corrected chi connectivity index (χ0v) is 16.6. The highest BCUT2D eigenvalue weighted by molar-refractivity contribution is 8.01. The van der Waals surface area contributed by atoms with Gasteiger partial charge < -0.3 is 10.2 Å². The van der Waals surface area contributed by atoms with Gasteiger partial charge in [0.2, 0.25) is 11.8 Å². The quantitative estimate of drug-likeness (QED) is 0.837. The van der Waals surface area contributed by atoms with Gasteiger partial charge in [-0.15, -0.1) is 23.1 Å². The van der Waals surface area contributed by atoms with Crippen LogP contribution in [0, 0.1) is 0 Å². The molecule has 0 unspecified atom stereocenters. The number of thioether (sulfide) groups is 1. The van der Waals surface area contributed by atoms with Crippen molar-refractivity contribution in [3.63, 3.8) is 0 Å². The number of aromatic nitrogens is 1. The molecule has 1 N–H and O–H groups in total. The minimum Gasteiger partial charge on any atom is -0.315 e. The first kappa shape index (κ1) is 17.8. The molecule has 136 valence electrons. The Morgan fingerprint density at radius 2 is 2.35 bits per heavy atom. The largest absolute Gasteiger partial charge is 0.315 e. The number of nitrogens with one attached hydrogen (secondary N) is 1. The number of fused-ring (bicyclic) bond motifs is 1. The molecule has 0 aliphatic carbocycles. The molecular formula is C18H18ClN3O2S2. The van der Waals surface area contributed by atoms with Crippen LogP contribution in [0.4, 0.5) is 5.13 Å². The van der Waals surface area contributed by atoms with E-state index in [0.717, 1.165) is 23.3 Å². The summed E-state index contributed by atoms with van der Waals surface area (Å²) in [5, 5.41) is 4.16. The highest BCUT2D eigenvalue weighted by Crippen LogP contribution is 2.47. The van der Waals surface area contributed by atoms with Crippen LogP contribution < -0.4 is 5.32 Å². The second-order valence-electron chi connectivity index (χ2n) is 6.69. The maximum atomic E-state index is 12.7. The minimum absolute atomic E-state index is 0.0680. The average Bonchev–Trinajstić information content (AvgIpc) is 3.24. The molecule has 2 aromatic rings. The molecule has 0 saturated carbocycles. The monoisotopic (exact) mass is 407 g/mol. The SMILES string of the molecule is C[C@@]12CCC(=O)N1[C@@H](C(=O)Nc1ncc(Cc3cccc(Cl)c3)s1)CS2. The third-order valence-corrected chi connectivity index (χ3v) is 7.45. The lowest BCUT2D eigenvalue weighted by atomic mass is 10.1. The van der Waals surface area contributed by atoms with Crippen molar-refractivity contribution in [2.75, 3.05) is 11.1 Å². The molecule has 8 heteroatoms. The van der Waals surface area contributed by atoms with E-state index in [-0.39, 0.29) is 16.7 Å². The van der Waals surface area contributed by atoms with Crippen molar-refractivity contribution in [1.82, 2.24) is 9.88 Å². The van der Waals surface area contributed by atoms with Crippen LogP contribution in [0.1, 0.15) is 30.2 Å². The standard InChI is InChI=1S/C18H18ClN3O2S2/c1-18-6-5-15(23)22(18)14(10-25-18)16(24)21-17-20-9-13(26-17)8-11-3-2-4-12(19)7-11/h2-4,7,9,14H,5-6,8,10H2,1H3,(H,20,21,24)/t14-,18-/m1/s1. The number of carbonyl (C=O) groups excluding carboxylic acids is 2. The summed E-state index contributed by atoms with van der Waals surface area (Å²) in [6, 6.07) is 7.29. The van der Waals surface area contributed by atoms with Gasteiger partial charge in [0.1, 0.15) is 6.04 Å². The Morgan fingerprint density at radius 3 is 3.15 bits per heavy atom. The van der Waals surface area contributed by atoms with Gasteiger partial charge in [0.15, 0.2) is 5.13 Å². The Bertz CT molecular complexity index is 872.